The molecule has 0 saturated carbocycles. The van der Waals surface area contributed by atoms with E-state index in [9.17, 15) is 5.11 Å². The quantitative estimate of drug-likeness (QED) is 0.893. The van der Waals surface area contributed by atoms with Gasteiger partial charge in [-0.25, -0.2) is 0 Å². The van der Waals surface area contributed by atoms with Crippen molar-refractivity contribution >= 4 is 28.3 Å². The van der Waals surface area contributed by atoms with Crippen molar-refractivity contribution in [1.29, 1.82) is 0 Å². The molecule has 0 bridgehead atoms. The summed E-state index contributed by atoms with van der Waals surface area (Å²) in [6.45, 7) is 0. The van der Waals surface area contributed by atoms with Crippen molar-refractivity contribution in [3.05, 3.63) is 70.2 Å². The summed E-state index contributed by atoms with van der Waals surface area (Å²) in [5, 5.41) is 10.2. The Kier molecular flexibility index (Phi) is 6.52. The molecule has 19 heavy (non-hydrogen) atoms. The monoisotopic (exact) mass is 341 g/mol. The van der Waals surface area contributed by atoms with Crippen LogP contribution in [0.1, 0.15) is 17.2 Å². The van der Waals surface area contributed by atoms with E-state index in [4.69, 9.17) is 5.73 Å². The van der Waals surface area contributed by atoms with Crippen LogP contribution in [-0.4, -0.2) is 11.2 Å². The van der Waals surface area contributed by atoms with Crippen molar-refractivity contribution in [1.82, 2.24) is 0 Å². The molecule has 0 saturated heterocycles. The van der Waals surface area contributed by atoms with Crippen LogP contribution in [0.4, 0.5) is 0 Å². The molecular formula is C15H17BrClNO. The third-order valence-corrected chi connectivity index (χ3v) is 3.43. The molecule has 0 radical (unpaired) electrons. The van der Waals surface area contributed by atoms with E-state index >= 15 is 0 Å². The van der Waals surface area contributed by atoms with E-state index in [1.807, 2.05) is 54.6 Å². The Hall–Kier alpha value is -0.870. The van der Waals surface area contributed by atoms with Gasteiger partial charge in [0.05, 0.1) is 12.1 Å². The Morgan fingerprint density at radius 3 is 2.37 bits per heavy atom. The van der Waals surface area contributed by atoms with Gasteiger partial charge in [0.25, 0.3) is 0 Å². The van der Waals surface area contributed by atoms with Gasteiger partial charge in [0.15, 0.2) is 0 Å². The number of halogens is 2. The SMILES string of the molecule is Cl.N[C@H](c1cccc(Br)c1)[C@@H](O)Cc1ccccc1. The molecule has 0 heterocycles. The second kappa shape index (κ2) is 7.65. The van der Waals surface area contributed by atoms with Gasteiger partial charge in [-0.2, -0.15) is 0 Å². The lowest BCUT2D eigenvalue weighted by atomic mass is 9.97. The van der Waals surface area contributed by atoms with Crippen LogP contribution < -0.4 is 5.73 Å². The number of aliphatic hydroxyl groups excluding tert-OH is 1. The summed E-state index contributed by atoms with van der Waals surface area (Å²) in [7, 11) is 0. The van der Waals surface area contributed by atoms with Crippen molar-refractivity contribution in [2.75, 3.05) is 0 Å². The first-order valence-corrected chi connectivity index (χ1v) is 6.69. The number of benzene rings is 2. The molecule has 0 amide bonds. The zero-order chi connectivity index (χ0) is 13.0. The van der Waals surface area contributed by atoms with Crippen LogP contribution in [0.15, 0.2) is 59.1 Å². The molecular weight excluding hydrogens is 326 g/mol. The summed E-state index contributed by atoms with van der Waals surface area (Å²) in [4.78, 5) is 0. The van der Waals surface area contributed by atoms with Crippen LogP contribution in [0.25, 0.3) is 0 Å². The van der Waals surface area contributed by atoms with Gasteiger partial charge in [-0.05, 0) is 23.3 Å². The number of nitrogens with two attached hydrogens (primary N) is 1. The highest BCUT2D eigenvalue weighted by Gasteiger charge is 2.17. The van der Waals surface area contributed by atoms with Crippen LogP contribution in [-0.2, 0) is 6.42 Å². The third kappa shape index (κ3) is 4.62. The second-order valence-electron chi connectivity index (χ2n) is 4.34. The third-order valence-electron chi connectivity index (χ3n) is 2.94. The molecule has 0 unspecified atom stereocenters. The van der Waals surface area contributed by atoms with Crippen molar-refractivity contribution in [3.63, 3.8) is 0 Å². The molecule has 2 atom stereocenters. The predicted octanol–water partition coefficient (Wildman–Crippen LogP) is 3.47. The zero-order valence-electron chi connectivity index (χ0n) is 10.4. The van der Waals surface area contributed by atoms with E-state index in [-0.39, 0.29) is 18.4 Å². The number of aliphatic hydroxyl groups is 1. The molecule has 2 aromatic carbocycles. The molecule has 0 aliphatic heterocycles. The molecule has 2 rings (SSSR count). The van der Waals surface area contributed by atoms with E-state index in [0.29, 0.717) is 6.42 Å². The normalized spacial score (nSPS) is 13.4. The van der Waals surface area contributed by atoms with Gasteiger partial charge in [0.1, 0.15) is 0 Å². The Balaban J connectivity index is 0.00000180. The van der Waals surface area contributed by atoms with Crippen LogP contribution in [0.3, 0.4) is 0 Å². The molecule has 2 nitrogen and oxygen atoms in total. The van der Waals surface area contributed by atoms with E-state index in [2.05, 4.69) is 15.9 Å². The zero-order valence-corrected chi connectivity index (χ0v) is 12.8. The van der Waals surface area contributed by atoms with Crippen molar-refractivity contribution < 1.29 is 5.11 Å². The van der Waals surface area contributed by atoms with Crippen molar-refractivity contribution in [2.24, 2.45) is 5.73 Å². The minimum atomic E-state index is -0.582. The first-order valence-electron chi connectivity index (χ1n) is 5.90. The minimum absolute atomic E-state index is 0. The lowest BCUT2D eigenvalue weighted by Gasteiger charge is -2.19. The summed E-state index contributed by atoms with van der Waals surface area (Å²) in [5.41, 5.74) is 8.12. The standard InChI is InChI=1S/C15H16BrNO.ClH/c16-13-8-4-7-12(10-13)15(17)14(18)9-11-5-2-1-3-6-11;/h1-8,10,14-15,18H,9,17H2;1H/t14-,15+;/m0./s1. The van der Waals surface area contributed by atoms with Gasteiger partial charge in [-0.1, -0.05) is 58.4 Å². The fourth-order valence-corrected chi connectivity index (χ4v) is 2.34. The lowest BCUT2D eigenvalue weighted by Crippen LogP contribution is -2.28. The molecule has 0 fully saturated rings. The van der Waals surface area contributed by atoms with Gasteiger partial charge < -0.3 is 10.8 Å². The molecule has 4 heteroatoms. The Bertz CT molecular complexity index is 507. The van der Waals surface area contributed by atoms with Crippen LogP contribution >= 0.6 is 28.3 Å². The first kappa shape index (κ1) is 16.2. The average Bonchev–Trinajstić information content (AvgIpc) is 2.39. The predicted molar refractivity (Wildman–Crippen MR) is 84.5 cm³/mol. The van der Waals surface area contributed by atoms with Gasteiger partial charge in [0.2, 0.25) is 0 Å². The van der Waals surface area contributed by atoms with E-state index in [0.717, 1.165) is 15.6 Å². The van der Waals surface area contributed by atoms with Crippen molar-refractivity contribution in [2.45, 2.75) is 18.6 Å². The fraction of sp³-hybridized carbons (Fsp3) is 0.200. The molecule has 0 aromatic heterocycles. The highest BCUT2D eigenvalue weighted by molar-refractivity contribution is 9.10. The summed E-state index contributed by atoms with van der Waals surface area (Å²) in [5.74, 6) is 0. The van der Waals surface area contributed by atoms with Gasteiger partial charge >= 0.3 is 0 Å². The Morgan fingerprint density at radius 2 is 1.74 bits per heavy atom. The van der Waals surface area contributed by atoms with Crippen LogP contribution in [0.5, 0.6) is 0 Å². The maximum Gasteiger partial charge on any atom is 0.0773 e. The average molecular weight is 343 g/mol. The molecule has 0 aliphatic carbocycles. The second-order valence-corrected chi connectivity index (χ2v) is 5.25. The summed E-state index contributed by atoms with van der Waals surface area (Å²) in [6, 6.07) is 17.3. The lowest BCUT2D eigenvalue weighted by molar-refractivity contribution is 0.145. The van der Waals surface area contributed by atoms with Crippen LogP contribution in [0.2, 0.25) is 0 Å². The topological polar surface area (TPSA) is 46.2 Å². The molecule has 0 spiro atoms. The number of hydrogen-bond donors (Lipinski definition) is 2. The maximum absolute atomic E-state index is 10.2. The molecule has 0 aliphatic rings. The maximum atomic E-state index is 10.2. The van der Waals surface area contributed by atoms with Gasteiger partial charge in [-0.3, -0.25) is 0 Å². The first-order chi connectivity index (χ1) is 8.66. The van der Waals surface area contributed by atoms with Crippen LogP contribution in [0, 0.1) is 0 Å². The van der Waals surface area contributed by atoms with E-state index < -0.39 is 6.10 Å². The van der Waals surface area contributed by atoms with Gasteiger partial charge in [0, 0.05) is 10.9 Å². The molecule has 2 aromatic rings. The Labute approximate surface area is 128 Å². The molecule has 3 N–H and O–H groups in total. The number of hydrogen-bond acceptors (Lipinski definition) is 2. The molecule has 102 valence electrons. The van der Waals surface area contributed by atoms with E-state index in [1.54, 1.807) is 0 Å². The summed E-state index contributed by atoms with van der Waals surface area (Å²) >= 11 is 3.41. The highest BCUT2D eigenvalue weighted by atomic mass is 79.9. The Morgan fingerprint density at radius 1 is 1.05 bits per heavy atom. The number of rotatable bonds is 4. The minimum Gasteiger partial charge on any atom is -0.391 e. The summed E-state index contributed by atoms with van der Waals surface area (Å²) in [6.07, 6.45) is -0.0178. The fourth-order valence-electron chi connectivity index (χ4n) is 1.92. The highest BCUT2D eigenvalue weighted by Crippen LogP contribution is 2.21. The van der Waals surface area contributed by atoms with E-state index in [1.165, 1.54) is 0 Å². The van der Waals surface area contributed by atoms with Gasteiger partial charge in [-0.15, -0.1) is 12.4 Å². The largest absolute Gasteiger partial charge is 0.391 e. The smallest absolute Gasteiger partial charge is 0.0773 e. The van der Waals surface area contributed by atoms with Crippen molar-refractivity contribution in [3.8, 4) is 0 Å². The summed E-state index contributed by atoms with van der Waals surface area (Å²) < 4.78 is 0.974.